The Hall–Kier alpha value is -1.54. The summed E-state index contributed by atoms with van der Waals surface area (Å²) in [5.41, 5.74) is 4.86. The summed E-state index contributed by atoms with van der Waals surface area (Å²) in [7, 11) is 0. The number of nitrogens with two attached hydrogens (primary N) is 1. The van der Waals surface area contributed by atoms with Crippen LogP contribution >= 0.6 is 11.8 Å². The highest BCUT2D eigenvalue weighted by Gasteiger charge is 2.05. The normalized spacial score (nSPS) is 9.44. The largest absolute Gasteiger partial charge is 0.396 e. The van der Waals surface area contributed by atoms with E-state index >= 15 is 0 Å². The highest BCUT2D eigenvalue weighted by molar-refractivity contribution is 8.13. The molecule has 0 saturated heterocycles. The predicted octanol–water partition coefficient (Wildman–Crippen LogP) is 2.18. The van der Waals surface area contributed by atoms with Crippen LogP contribution in [0.2, 0.25) is 0 Å². The van der Waals surface area contributed by atoms with E-state index in [-0.39, 0.29) is 22.1 Å². The van der Waals surface area contributed by atoms with E-state index in [0.29, 0.717) is 0 Å². The second-order valence-electron chi connectivity index (χ2n) is 2.94. The molecule has 0 fully saturated rings. The minimum atomic E-state index is -0.704. The van der Waals surface area contributed by atoms with Crippen molar-refractivity contribution in [2.45, 2.75) is 6.92 Å². The molecule has 1 aromatic rings. The third kappa shape index (κ3) is 3.55. The molecule has 0 aromatic heterocycles. The Labute approximate surface area is 96.2 Å². The third-order valence-corrected chi connectivity index (χ3v) is 2.35. The van der Waals surface area contributed by atoms with Gasteiger partial charge in [-0.05, 0) is 6.07 Å². The fraction of sp³-hybridized carbons (Fsp3) is 0.182. The first-order valence-electron chi connectivity index (χ1n) is 4.37. The fourth-order valence-corrected chi connectivity index (χ4v) is 1.27. The molecule has 0 heterocycles. The van der Waals surface area contributed by atoms with Gasteiger partial charge in [0.25, 0.3) is 0 Å². The van der Waals surface area contributed by atoms with Gasteiger partial charge in [-0.25, -0.2) is 8.78 Å². The van der Waals surface area contributed by atoms with Crippen LogP contribution in [0.4, 0.5) is 14.5 Å². The Morgan fingerprint density at radius 1 is 1.44 bits per heavy atom. The van der Waals surface area contributed by atoms with Crippen molar-refractivity contribution in [2.24, 2.45) is 0 Å². The van der Waals surface area contributed by atoms with Crippen molar-refractivity contribution in [3.05, 3.63) is 29.3 Å². The van der Waals surface area contributed by atoms with Gasteiger partial charge in [0, 0.05) is 13.0 Å². The number of halogens is 2. The predicted molar refractivity (Wildman–Crippen MR) is 60.8 cm³/mol. The smallest absolute Gasteiger partial charge is 0.186 e. The molecule has 0 unspecified atom stereocenters. The lowest BCUT2D eigenvalue weighted by atomic mass is 10.2. The molecule has 2 N–H and O–H groups in total. The van der Waals surface area contributed by atoms with Crippen LogP contribution in [0.1, 0.15) is 12.5 Å². The zero-order valence-electron chi connectivity index (χ0n) is 8.51. The van der Waals surface area contributed by atoms with Crippen LogP contribution in [0.5, 0.6) is 0 Å². The number of nitrogen functional groups attached to an aromatic ring is 1. The molecule has 84 valence electrons. The zero-order valence-corrected chi connectivity index (χ0v) is 9.33. The maximum atomic E-state index is 13.2. The third-order valence-electron chi connectivity index (χ3n) is 1.66. The molecule has 1 rings (SSSR count). The van der Waals surface area contributed by atoms with Crippen LogP contribution in [0.15, 0.2) is 12.1 Å². The molecule has 0 atom stereocenters. The van der Waals surface area contributed by atoms with E-state index in [0.717, 1.165) is 23.9 Å². The van der Waals surface area contributed by atoms with Crippen LogP contribution in [-0.2, 0) is 4.79 Å². The van der Waals surface area contributed by atoms with Gasteiger partial charge in [0.05, 0.1) is 17.0 Å². The van der Waals surface area contributed by atoms with Crippen molar-refractivity contribution >= 4 is 22.6 Å². The lowest BCUT2D eigenvalue weighted by Crippen LogP contribution is -1.94. The van der Waals surface area contributed by atoms with Crippen molar-refractivity contribution in [2.75, 3.05) is 11.5 Å². The van der Waals surface area contributed by atoms with Gasteiger partial charge in [0.1, 0.15) is 11.6 Å². The van der Waals surface area contributed by atoms with Gasteiger partial charge in [-0.3, -0.25) is 4.79 Å². The summed E-state index contributed by atoms with van der Waals surface area (Å²) >= 11 is 1.01. The fourth-order valence-electron chi connectivity index (χ4n) is 0.927. The number of benzene rings is 1. The summed E-state index contributed by atoms with van der Waals surface area (Å²) in [6, 6.07) is 1.83. The molecule has 0 saturated carbocycles. The molecule has 2 nitrogen and oxygen atoms in total. The van der Waals surface area contributed by atoms with Crippen molar-refractivity contribution in [3.63, 3.8) is 0 Å². The average molecular weight is 241 g/mol. The number of carbonyl (C=O) groups is 1. The highest BCUT2D eigenvalue weighted by atomic mass is 32.2. The van der Waals surface area contributed by atoms with E-state index in [4.69, 9.17) is 5.73 Å². The topological polar surface area (TPSA) is 43.1 Å². The van der Waals surface area contributed by atoms with Gasteiger partial charge in [0.15, 0.2) is 5.12 Å². The Kier molecular flexibility index (Phi) is 4.32. The van der Waals surface area contributed by atoms with Crippen molar-refractivity contribution in [3.8, 4) is 11.8 Å². The monoisotopic (exact) mass is 241 g/mol. The number of anilines is 1. The van der Waals surface area contributed by atoms with E-state index in [1.807, 2.05) is 0 Å². The zero-order chi connectivity index (χ0) is 12.1. The summed E-state index contributed by atoms with van der Waals surface area (Å²) in [4.78, 5) is 10.6. The van der Waals surface area contributed by atoms with Crippen molar-refractivity contribution in [1.82, 2.24) is 0 Å². The molecule has 0 aliphatic carbocycles. The summed E-state index contributed by atoms with van der Waals surface area (Å²) in [6.07, 6.45) is 0. The molecule has 16 heavy (non-hydrogen) atoms. The quantitative estimate of drug-likeness (QED) is 0.605. The number of hydrogen-bond donors (Lipinski definition) is 1. The van der Waals surface area contributed by atoms with Gasteiger partial charge in [-0.1, -0.05) is 23.6 Å². The Balaban J connectivity index is 2.81. The lowest BCUT2D eigenvalue weighted by molar-refractivity contribution is -0.109. The van der Waals surface area contributed by atoms with Gasteiger partial charge >= 0.3 is 0 Å². The van der Waals surface area contributed by atoms with E-state index in [9.17, 15) is 13.6 Å². The molecule has 5 heteroatoms. The summed E-state index contributed by atoms with van der Waals surface area (Å²) in [5, 5.41) is -0.0711. The molecule has 0 spiro atoms. The molecule has 0 amide bonds. The summed E-state index contributed by atoms with van der Waals surface area (Å²) < 4.78 is 26.2. The maximum absolute atomic E-state index is 13.2. The van der Waals surface area contributed by atoms with E-state index in [1.54, 1.807) is 0 Å². The van der Waals surface area contributed by atoms with Crippen LogP contribution in [0.25, 0.3) is 0 Å². The first-order chi connectivity index (χ1) is 7.50. The van der Waals surface area contributed by atoms with Crippen LogP contribution in [0.3, 0.4) is 0 Å². The first kappa shape index (κ1) is 12.5. The van der Waals surface area contributed by atoms with E-state index in [2.05, 4.69) is 11.8 Å². The summed E-state index contributed by atoms with van der Waals surface area (Å²) in [6.45, 7) is 1.41. The van der Waals surface area contributed by atoms with Crippen molar-refractivity contribution in [1.29, 1.82) is 0 Å². The molecule has 0 bridgehead atoms. The maximum Gasteiger partial charge on any atom is 0.186 e. The molecular weight excluding hydrogens is 232 g/mol. The van der Waals surface area contributed by atoms with Gasteiger partial charge in [0.2, 0.25) is 0 Å². The minimum absolute atomic E-state index is 0.0594. The standard InChI is InChI=1S/C11H9F2NOS/c1-7(15)16-4-2-3-8-5-10(13)11(14)6-9(8)12/h5-6H,4,14H2,1H3. The molecule has 0 aliphatic rings. The minimum Gasteiger partial charge on any atom is -0.396 e. The van der Waals surface area contributed by atoms with E-state index in [1.165, 1.54) is 6.92 Å². The number of rotatable bonds is 1. The van der Waals surface area contributed by atoms with Crippen LogP contribution < -0.4 is 5.73 Å². The molecule has 0 aliphatic heterocycles. The SMILES string of the molecule is CC(=O)SCC#Cc1cc(F)c(N)cc1F. The first-order valence-corrected chi connectivity index (χ1v) is 5.36. The Bertz CT molecular complexity index is 477. The van der Waals surface area contributed by atoms with Gasteiger partial charge in [-0.15, -0.1) is 0 Å². The summed E-state index contributed by atoms with van der Waals surface area (Å²) in [5.74, 6) is 3.89. The van der Waals surface area contributed by atoms with Crippen LogP contribution in [0, 0.1) is 23.5 Å². The van der Waals surface area contributed by atoms with E-state index < -0.39 is 11.6 Å². The average Bonchev–Trinajstić information content (AvgIpc) is 2.19. The molecule has 1 aromatic carbocycles. The van der Waals surface area contributed by atoms with Gasteiger partial charge < -0.3 is 5.73 Å². The second kappa shape index (κ2) is 5.52. The second-order valence-corrected chi connectivity index (χ2v) is 4.09. The lowest BCUT2D eigenvalue weighted by Gasteiger charge is -1.98. The van der Waals surface area contributed by atoms with Crippen molar-refractivity contribution < 1.29 is 13.6 Å². The highest BCUT2D eigenvalue weighted by Crippen LogP contribution is 2.15. The number of carbonyl (C=O) groups excluding carboxylic acids is 1. The number of thioether (sulfide) groups is 1. The number of hydrogen-bond acceptors (Lipinski definition) is 3. The Morgan fingerprint density at radius 2 is 2.12 bits per heavy atom. The van der Waals surface area contributed by atoms with Crippen LogP contribution in [-0.4, -0.2) is 10.9 Å². The molecular formula is C11H9F2NOS. The molecule has 0 radical (unpaired) electrons. The Morgan fingerprint density at radius 3 is 2.75 bits per heavy atom. The van der Waals surface area contributed by atoms with Gasteiger partial charge in [-0.2, -0.15) is 0 Å².